The Morgan fingerprint density at radius 1 is 1.12 bits per heavy atom. The molecule has 0 bridgehead atoms. The average Bonchev–Trinajstić information content (AvgIpc) is 1.97. The molecule has 0 N–H and O–H groups in total. The van der Waals surface area contributed by atoms with Crippen molar-refractivity contribution in [3.05, 3.63) is 27.7 Å². The zero-order chi connectivity index (χ0) is 12.7. The predicted octanol–water partition coefficient (Wildman–Crippen LogP) is 3.42. The van der Waals surface area contributed by atoms with Crippen LogP contribution in [0.15, 0.2) is 17.0 Å². The van der Waals surface area contributed by atoms with Crippen LogP contribution in [0.2, 0.25) is 10.0 Å². The molecule has 0 spiro atoms. The van der Waals surface area contributed by atoms with Crippen molar-refractivity contribution in [2.24, 2.45) is 0 Å². The Labute approximate surface area is 99.9 Å². The van der Waals surface area contributed by atoms with Crippen molar-refractivity contribution in [1.29, 1.82) is 0 Å². The van der Waals surface area contributed by atoms with E-state index in [-0.39, 0.29) is 0 Å². The summed E-state index contributed by atoms with van der Waals surface area (Å²) in [7, 11) is -3.76. The number of hydrogen-bond donors (Lipinski definition) is 0. The molecule has 0 aliphatic carbocycles. The van der Waals surface area contributed by atoms with Gasteiger partial charge in [0.2, 0.25) is 0 Å². The molecular weight excluding hydrogens is 288 g/mol. The Morgan fingerprint density at radius 3 is 1.75 bits per heavy atom. The van der Waals surface area contributed by atoms with Crippen molar-refractivity contribution >= 4 is 33.0 Å². The lowest BCUT2D eigenvalue weighted by Gasteiger charge is -2.10. The van der Waals surface area contributed by atoms with Crippen molar-refractivity contribution < 1.29 is 21.6 Å². The molecule has 0 saturated carbocycles. The van der Waals surface area contributed by atoms with Crippen LogP contribution in [0.4, 0.5) is 13.2 Å². The minimum absolute atomic E-state index is 0.496. The maximum absolute atomic E-state index is 12.3. The van der Waals surface area contributed by atoms with Gasteiger partial charge in [-0.2, -0.15) is 13.2 Å². The highest BCUT2D eigenvalue weighted by molar-refractivity contribution is 7.91. The van der Waals surface area contributed by atoms with E-state index in [0.29, 0.717) is 12.1 Å². The largest absolute Gasteiger partial charge is 0.416 e. The second-order valence-electron chi connectivity index (χ2n) is 3.04. The zero-order valence-corrected chi connectivity index (χ0v) is 10.1. The summed E-state index contributed by atoms with van der Waals surface area (Å²) >= 11 is 10.9. The Morgan fingerprint density at radius 2 is 1.50 bits per heavy atom. The van der Waals surface area contributed by atoms with Gasteiger partial charge < -0.3 is 0 Å². The van der Waals surface area contributed by atoms with Gasteiger partial charge in [0.1, 0.15) is 4.90 Å². The fourth-order valence-electron chi connectivity index (χ4n) is 1.08. The molecule has 0 amide bonds. The van der Waals surface area contributed by atoms with Gasteiger partial charge in [0.25, 0.3) is 0 Å². The molecule has 0 aromatic heterocycles. The van der Waals surface area contributed by atoms with E-state index in [4.69, 9.17) is 23.2 Å². The number of halogens is 5. The van der Waals surface area contributed by atoms with Crippen LogP contribution in [0.25, 0.3) is 0 Å². The van der Waals surface area contributed by atoms with Gasteiger partial charge in [-0.3, -0.25) is 0 Å². The number of rotatable bonds is 1. The molecule has 90 valence electrons. The fraction of sp³-hybridized carbons (Fsp3) is 0.250. The molecule has 0 atom stereocenters. The third-order valence-electron chi connectivity index (χ3n) is 1.70. The lowest BCUT2D eigenvalue weighted by Crippen LogP contribution is -2.07. The Bertz CT molecular complexity index is 500. The van der Waals surface area contributed by atoms with Gasteiger partial charge >= 0.3 is 6.18 Å². The van der Waals surface area contributed by atoms with Crippen molar-refractivity contribution in [3.63, 3.8) is 0 Å². The van der Waals surface area contributed by atoms with Crippen LogP contribution in [0.5, 0.6) is 0 Å². The summed E-state index contributed by atoms with van der Waals surface area (Å²) in [4.78, 5) is -0.496. The summed E-state index contributed by atoms with van der Waals surface area (Å²) in [5.41, 5.74) is -1.09. The molecule has 0 heterocycles. The molecule has 1 aromatic carbocycles. The molecule has 16 heavy (non-hydrogen) atoms. The van der Waals surface area contributed by atoms with Gasteiger partial charge in [0, 0.05) is 6.26 Å². The van der Waals surface area contributed by atoms with E-state index in [1.54, 1.807) is 0 Å². The van der Waals surface area contributed by atoms with Gasteiger partial charge in [-0.25, -0.2) is 8.42 Å². The molecular formula is C8H5Cl2F3O2S. The zero-order valence-electron chi connectivity index (χ0n) is 7.77. The topological polar surface area (TPSA) is 34.1 Å². The molecule has 0 fully saturated rings. The van der Waals surface area contributed by atoms with E-state index in [2.05, 4.69) is 0 Å². The van der Waals surface area contributed by atoms with Crippen molar-refractivity contribution in [2.45, 2.75) is 11.1 Å². The van der Waals surface area contributed by atoms with E-state index in [1.807, 2.05) is 0 Å². The summed E-state index contributed by atoms with van der Waals surface area (Å²) in [6.07, 6.45) is -3.81. The van der Waals surface area contributed by atoms with Gasteiger partial charge in [-0.05, 0) is 12.1 Å². The van der Waals surface area contributed by atoms with Crippen molar-refractivity contribution in [1.82, 2.24) is 0 Å². The quantitative estimate of drug-likeness (QED) is 0.795. The van der Waals surface area contributed by atoms with E-state index in [0.717, 1.165) is 6.26 Å². The highest BCUT2D eigenvalue weighted by Gasteiger charge is 2.33. The Hall–Kier alpha value is -0.460. The molecule has 0 aliphatic heterocycles. The van der Waals surface area contributed by atoms with Gasteiger partial charge in [-0.15, -0.1) is 0 Å². The van der Waals surface area contributed by atoms with Crippen LogP contribution in [0.1, 0.15) is 5.56 Å². The fourth-order valence-corrected chi connectivity index (χ4v) is 3.23. The van der Waals surface area contributed by atoms with Gasteiger partial charge in [0.15, 0.2) is 9.84 Å². The second kappa shape index (κ2) is 4.09. The first-order valence-corrected chi connectivity index (χ1v) is 6.44. The first-order valence-electron chi connectivity index (χ1n) is 3.80. The Kier molecular flexibility index (Phi) is 3.47. The summed E-state index contributed by atoms with van der Waals surface area (Å²) < 4.78 is 59.3. The highest BCUT2D eigenvalue weighted by Crippen LogP contribution is 2.37. The van der Waals surface area contributed by atoms with Crippen molar-refractivity contribution in [3.8, 4) is 0 Å². The lowest BCUT2D eigenvalue weighted by atomic mass is 10.2. The minimum atomic E-state index is -4.62. The molecule has 2 nitrogen and oxygen atoms in total. The van der Waals surface area contributed by atoms with E-state index in [1.165, 1.54) is 0 Å². The minimum Gasteiger partial charge on any atom is -0.224 e. The first-order chi connectivity index (χ1) is 7.03. The summed E-state index contributed by atoms with van der Waals surface area (Å²) in [6.45, 7) is 0. The number of hydrogen-bond acceptors (Lipinski definition) is 2. The average molecular weight is 293 g/mol. The van der Waals surface area contributed by atoms with Gasteiger partial charge in [-0.1, -0.05) is 23.2 Å². The molecule has 0 aliphatic rings. The second-order valence-corrected chi connectivity index (χ2v) is 5.81. The van der Waals surface area contributed by atoms with Crippen LogP contribution in [0.3, 0.4) is 0 Å². The van der Waals surface area contributed by atoms with Crippen LogP contribution < -0.4 is 0 Å². The summed E-state index contributed by atoms with van der Waals surface area (Å²) in [5, 5.41) is -1.08. The standard InChI is InChI=1S/C8H5Cl2F3O2S/c1-16(14,15)7-5(9)2-4(3-6(7)10)8(11,12)13/h2-3H,1H3. The molecule has 8 heteroatoms. The first kappa shape index (κ1) is 13.6. The van der Waals surface area contributed by atoms with E-state index < -0.39 is 36.5 Å². The van der Waals surface area contributed by atoms with Crippen LogP contribution >= 0.6 is 23.2 Å². The van der Waals surface area contributed by atoms with Crippen LogP contribution in [-0.4, -0.2) is 14.7 Å². The van der Waals surface area contributed by atoms with E-state index in [9.17, 15) is 21.6 Å². The Balaban J connectivity index is 3.53. The SMILES string of the molecule is CS(=O)(=O)c1c(Cl)cc(C(F)(F)F)cc1Cl. The number of sulfone groups is 1. The summed E-state index contributed by atoms with van der Waals surface area (Å²) in [5.74, 6) is 0. The van der Waals surface area contributed by atoms with Crippen molar-refractivity contribution in [2.75, 3.05) is 6.26 Å². The molecule has 0 saturated heterocycles. The maximum atomic E-state index is 12.3. The highest BCUT2D eigenvalue weighted by atomic mass is 35.5. The number of alkyl halides is 3. The number of benzene rings is 1. The maximum Gasteiger partial charge on any atom is 0.416 e. The third-order valence-corrected chi connectivity index (χ3v) is 3.70. The van der Waals surface area contributed by atoms with E-state index >= 15 is 0 Å². The monoisotopic (exact) mass is 292 g/mol. The van der Waals surface area contributed by atoms with Crippen LogP contribution in [0, 0.1) is 0 Å². The predicted molar refractivity (Wildman–Crippen MR) is 54.6 cm³/mol. The smallest absolute Gasteiger partial charge is 0.224 e. The summed E-state index contributed by atoms with van der Waals surface area (Å²) in [6, 6.07) is 1.06. The molecule has 1 rings (SSSR count). The third kappa shape index (κ3) is 2.81. The lowest BCUT2D eigenvalue weighted by molar-refractivity contribution is -0.137. The van der Waals surface area contributed by atoms with Gasteiger partial charge in [0.05, 0.1) is 15.6 Å². The molecule has 1 aromatic rings. The normalized spacial score (nSPS) is 12.9. The molecule has 0 unspecified atom stereocenters. The van der Waals surface area contributed by atoms with Crippen LogP contribution in [-0.2, 0) is 16.0 Å². The molecule has 0 radical (unpaired) electrons.